The first-order valence-electron chi connectivity index (χ1n) is 9.61. The molecule has 6 heteroatoms. The minimum Gasteiger partial charge on any atom is -0.543 e. The molecule has 1 aromatic heterocycles. The maximum atomic E-state index is 12.9. The Hall–Kier alpha value is -1.85. The first-order valence-corrected chi connectivity index (χ1v) is 12.9. The number of carbonyl (C=O) groups excluding carboxylic acids is 1. The number of carbonyl (C=O) groups is 1. The lowest BCUT2D eigenvalue weighted by atomic mass is 10.1. The van der Waals surface area contributed by atoms with Gasteiger partial charge in [0.05, 0.1) is 12.1 Å². The van der Waals surface area contributed by atoms with E-state index in [4.69, 9.17) is 20.8 Å². The van der Waals surface area contributed by atoms with Gasteiger partial charge < -0.3 is 9.16 Å². The Labute approximate surface area is 173 Å². The average molecular weight is 418 g/mol. The van der Waals surface area contributed by atoms with Crippen LogP contribution in [0.5, 0.6) is 11.6 Å². The molecule has 2 aromatic rings. The number of rotatable bonds is 6. The van der Waals surface area contributed by atoms with Crippen LogP contribution >= 0.6 is 11.6 Å². The van der Waals surface area contributed by atoms with E-state index in [1.54, 1.807) is 31.4 Å². The molecule has 1 aromatic carbocycles. The molecule has 4 nitrogen and oxygen atoms in total. The molecule has 0 unspecified atom stereocenters. The quantitative estimate of drug-likeness (QED) is 0.412. The third-order valence-electron chi connectivity index (χ3n) is 5.70. The second kappa shape index (κ2) is 7.52. The topological polar surface area (TPSA) is 48.4 Å². The maximum Gasteiger partial charge on any atom is 0.250 e. The fourth-order valence-corrected chi connectivity index (χ4v) is 4.06. The number of ether oxygens (including phenoxy) is 1. The number of halogens is 1. The van der Waals surface area contributed by atoms with Crippen LogP contribution in [-0.4, -0.2) is 26.2 Å². The van der Waals surface area contributed by atoms with Gasteiger partial charge in [0.1, 0.15) is 11.4 Å². The van der Waals surface area contributed by atoms with Crippen molar-refractivity contribution in [3.63, 3.8) is 0 Å². The first-order chi connectivity index (χ1) is 13.0. The summed E-state index contributed by atoms with van der Waals surface area (Å²) in [5, 5.41) is 0.506. The van der Waals surface area contributed by atoms with Crippen molar-refractivity contribution in [3.05, 3.63) is 52.2 Å². The van der Waals surface area contributed by atoms with Crippen LogP contribution in [0.4, 0.5) is 0 Å². The fraction of sp³-hybridized carbons (Fsp3) is 0.455. The van der Waals surface area contributed by atoms with Gasteiger partial charge in [-0.1, -0.05) is 38.4 Å². The van der Waals surface area contributed by atoms with Gasteiger partial charge in [-0.3, -0.25) is 4.79 Å². The molecule has 0 N–H and O–H groups in total. The number of pyridine rings is 1. The normalized spacial score (nSPS) is 14.7. The smallest absolute Gasteiger partial charge is 0.250 e. The Bertz CT molecular complexity index is 901. The van der Waals surface area contributed by atoms with Crippen LogP contribution in [0.2, 0.25) is 23.2 Å². The van der Waals surface area contributed by atoms with Gasteiger partial charge in [-0.2, -0.15) is 0 Å². The van der Waals surface area contributed by atoms with Crippen molar-refractivity contribution in [1.29, 1.82) is 0 Å². The van der Waals surface area contributed by atoms with E-state index in [2.05, 4.69) is 38.8 Å². The van der Waals surface area contributed by atoms with E-state index < -0.39 is 8.32 Å². The second-order valence-electron chi connectivity index (χ2n) is 8.91. The van der Waals surface area contributed by atoms with Crippen molar-refractivity contribution in [1.82, 2.24) is 4.98 Å². The van der Waals surface area contributed by atoms with Crippen molar-refractivity contribution >= 4 is 25.7 Å². The van der Waals surface area contributed by atoms with Crippen molar-refractivity contribution < 1.29 is 14.0 Å². The highest BCUT2D eigenvalue weighted by atomic mass is 35.5. The third-order valence-corrected chi connectivity index (χ3v) is 10.3. The lowest BCUT2D eigenvalue weighted by Gasteiger charge is -2.36. The molecule has 0 amide bonds. The van der Waals surface area contributed by atoms with Crippen LogP contribution in [0.3, 0.4) is 0 Å². The molecule has 1 fully saturated rings. The Morgan fingerprint density at radius 1 is 1.18 bits per heavy atom. The number of methoxy groups -OCH3 is 1. The van der Waals surface area contributed by atoms with E-state index in [1.165, 1.54) is 0 Å². The van der Waals surface area contributed by atoms with Crippen LogP contribution < -0.4 is 9.16 Å². The van der Waals surface area contributed by atoms with Crippen molar-refractivity contribution in [3.8, 4) is 11.6 Å². The van der Waals surface area contributed by atoms with Gasteiger partial charge in [-0.05, 0) is 61.2 Å². The molecule has 3 rings (SSSR count). The number of ketones is 1. The molecule has 1 saturated carbocycles. The summed E-state index contributed by atoms with van der Waals surface area (Å²) in [6, 6.07) is 8.92. The molecule has 0 saturated heterocycles. The summed E-state index contributed by atoms with van der Waals surface area (Å²) < 4.78 is 11.7. The zero-order chi connectivity index (χ0) is 20.7. The van der Waals surface area contributed by atoms with Crippen LogP contribution in [-0.2, 0) is 0 Å². The number of aromatic nitrogens is 1. The lowest BCUT2D eigenvalue weighted by Crippen LogP contribution is -2.43. The van der Waals surface area contributed by atoms with Gasteiger partial charge in [-0.25, -0.2) is 4.98 Å². The van der Waals surface area contributed by atoms with Gasteiger partial charge in [0, 0.05) is 11.1 Å². The Morgan fingerprint density at radius 3 is 2.39 bits per heavy atom. The minimum absolute atomic E-state index is 0.0641. The zero-order valence-corrected chi connectivity index (χ0v) is 19.2. The molecule has 0 atom stereocenters. The molecule has 0 radical (unpaired) electrons. The molecule has 1 heterocycles. The Kier molecular flexibility index (Phi) is 5.61. The second-order valence-corrected chi connectivity index (χ2v) is 14.0. The first kappa shape index (κ1) is 20.9. The summed E-state index contributed by atoms with van der Waals surface area (Å²) in [7, 11) is -0.418. The largest absolute Gasteiger partial charge is 0.543 e. The van der Waals surface area contributed by atoms with Gasteiger partial charge in [-0.15, -0.1) is 0 Å². The number of nitrogens with zero attached hydrogens (tertiary/aromatic N) is 1. The fourth-order valence-electron chi connectivity index (χ4n) is 2.75. The van der Waals surface area contributed by atoms with Crippen LogP contribution in [0.1, 0.15) is 61.1 Å². The molecule has 0 aliphatic heterocycles. The molecular weight excluding hydrogens is 390 g/mol. The van der Waals surface area contributed by atoms with Crippen LogP contribution in [0, 0.1) is 0 Å². The van der Waals surface area contributed by atoms with Crippen molar-refractivity contribution in [2.75, 3.05) is 7.11 Å². The van der Waals surface area contributed by atoms with Gasteiger partial charge in [0.25, 0.3) is 8.32 Å². The molecule has 0 bridgehead atoms. The summed E-state index contributed by atoms with van der Waals surface area (Å²) in [5.74, 6) is 1.49. The summed E-state index contributed by atoms with van der Waals surface area (Å²) in [4.78, 5) is 17.3. The van der Waals surface area contributed by atoms with E-state index in [0.29, 0.717) is 33.8 Å². The van der Waals surface area contributed by atoms with E-state index in [1.807, 2.05) is 6.07 Å². The summed E-state index contributed by atoms with van der Waals surface area (Å²) >= 11 is 6.45. The van der Waals surface area contributed by atoms with Crippen LogP contribution in [0.15, 0.2) is 30.3 Å². The highest BCUT2D eigenvalue weighted by molar-refractivity contribution is 6.74. The molecule has 1 aliphatic carbocycles. The predicted molar refractivity (Wildman–Crippen MR) is 115 cm³/mol. The number of hydrogen-bond donors (Lipinski definition) is 0. The molecule has 150 valence electrons. The molecule has 0 spiro atoms. The van der Waals surface area contributed by atoms with Crippen molar-refractivity contribution in [2.45, 2.75) is 57.7 Å². The minimum atomic E-state index is -2.01. The molecule has 28 heavy (non-hydrogen) atoms. The highest BCUT2D eigenvalue weighted by Crippen LogP contribution is 2.44. The summed E-state index contributed by atoms with van der Waals surface area (Å²) in [6.45, 7) is 10.9. The van der Waals surface area contributed by atoms with E-state index in [9.17, 15) is 4.79 Å². The summed E-state index contributed by atoms with van der Waals surface area (Å²) in [6.07, 6.45) is 2.30. The summed E-state index contributed by atoms with van der Waals surface area (Å²) in [5.41, 5.74) is 1.92. The molecular formula is C22H28ClNO3Si. The SMILES string of the molecule is COc1nc(C(=O)c2ccc(O[Si](C)(C)C(C)(C)C)c(Cl)c2)ccc1C1CC1. The number of benzene rings is 1. The van der Waals surface area contributed by atoms with E-state index in [-0.39, 0.29) is 10.8 Å². The van der Waals surface area contributed by atoms with E-state index >= 15 is 0 Å². The van der Waals surface area contributed by atoms with E-state index in [0.717, 1.165) is 18.4 Å². The number of hydrogen-bond acceptors (Lipinski definition) is 4. The van der Waals surface area contributed by atoms with Gasteiger partial charge in [0.2, 0.25) is 11.7 Å². The predicted octanol–water partition coefficient (Wildman–Crippen LogP) is 6.24. The zero-order valence-electron chi connectivity index (χ0n) is 17.4. The Balaban J connectivity index is 1.84. The van der Waals surface area contributed by atoms with Gasteiger partial charge in [0.15, 0.2) is 0 Å². The standard InChI is InChI=1S/C22H28ClNO3Si/c1-22(2,3)28(5,6)27-19-12-9-15(13-17(19)23)20(25)18-11-10-16(14-7-8-14)21(24-18)26-4/h9-14H,7-8H2,1-6H3. The lowest BCUT2D eigenvalue weighted by molar-refractivity contribution is 0.103. The third kappa shape index (κ3) is 4.25. The molecule has 1 aliphatic rings. The van der Waals surface area contributed by atoms with Crippen LogP contribution in [0.25, 0.3) is 0 Å². The van der Waals surface area contributed by atoms with Gasteiger partial charge >= 0.3 is 0 Å². The highest BCUT2D eigenvalue weighted by Gasteiger charge is 2.39. The van der Waals surface area contributed by atoms with Crippen molar-refractivity contribution in [2.24, 2.45) is 0 Å². The Morgan fingerprint density at radius 2 is 1.86 bits per heavy atom. The monoisotopic (exact) mass is 417 g/mol. The maximum absolute atomic E-state index is 12.9. The average Bonchev–Trinajstić information content (AvgIpc) is 3.46.